The Morgan fingerprint density at radius 2 is 1.92 bits per heavy atom. The highest BCUT2D eigenvalue weighted by Crippen LogP contribution is 2.20. The lowest BCUT2D eigenvalue weighted by Gasteiger charge is -2.36. The minimum atomic E-state index is -0.990. The predicted octanol–water partition coefficient (Wildman–Crippen LogP) is 1.02. The maximum atomic E-state index is 12.4. The van der Waals surface area contributed by atoms with E-state index in [1.165, 1.54) is 11.3 Å². The summed E-state index contributed by atoms with van der Waals surface area (Å²) in [6.45, 7) is 6.65. The number of carbonyl (C=O) groups excluding carboxylic acids is 3. The Morgan fingerprint density at radius 1 is 1.20 bits per heavy atom. The molecule has 4 amide bonds. The monoisotopic (exact) mass is 344 g/mol. The summed E-state index contributed by atoms with van der Waals surface area (Å²) in [6, 6.07) is 7.87. The van der Waals surface area contributed by atoms with Crippen molar-refractivity contribution in [1.29, 1.82) is 0 Å². The van der Waals surface area contributed by atoms with Crippen LogP contribution in [0.3, 0.4) is 0 Å². The van der Waals surface area contributed by atoms with Gasteiger partial charge in [-0.05, 0) is 38.0 Å². The molecule has 134 valence electrons. The Balaban J connectivity index is 1.50. The third-order valence-corrected chi connectivity index (χ3v) is 4.96. The number of urea groups is 1. The van der Waals surface area contributed by atoms with Crippen LogP contribution in [0.1, 0.15) is 25.3 Å². The molecule has 0 aliphatic carbocycles. The number of rotatable bonds is 4. The first kappa shape index (κ1) is 17.3. The van der Waals surface area contributed by atoms with E-state index >= 15 is 0 Å². The number of hydrogen-bond donors (Lipinski definition) is 2. The van der Waals surface area contributed by atoms with Crippen LogP contribution >= 0.6 is 0 Å². The average molecular weight is 344 g/mol. The summed E-state index contributed by atoms with van der Waals surface area (Å²) in [5, 5.41) is 4.81. The lowest BCUT2D eigenvalue weighted by Crippen LogP contribution is -2.50. The summed E-state index contributed by atoms with van der Waals surface area (Å²) >= 11 is 0. The molecule has 0 radical (unpaired) electrons. The van der Waals surface area contributed by atoms with Gasteiger partial charge >= 0.3 is 6.03 Å². The topological polar surface area (TPSA) is 81.8 Å². The van der Waals surface area contributed by atoms with Crippen molar-refractivity contribution >= 4 is 23.5 Å². The van der Waals surface area contributed by atoms with E-state index in [9.17, 15) is 14.4 Å². The van der Waals surface area contributed by atoms with Gasteiger partial charge in [0.05, 0.1) is 0 Å². The first-order valence-corrected chi connectivity index (χ1v) is 8.60. The molecule has 0 unspecified atom stereocenters. The molecular formula is C18H24N4O3. The fourth-order valence-corrected chi connectivity index (χ4v) is 3.31. The van der Waals surface area contributed by atoms with Crippen molar-refractivity contribution in [3.8, 4) is 0 Å². The number of nitrogens with zero attached hydrogens (tertiary/aromatic N) is 2. The van der Waals surface area contributed by atoms with Crippen LogP contribution in [0.5, 0.6) is 0 Å². The molecule has 2 N–H and O–H groups in total. The van der Waals surface area contributed by atoms with Gasteiger partial charge in [0.2, 0.25) is 5.91 Å². The second kappa shape index (κ2) is 6.74. The number of hydrogen-bond acceptors (Lipinski definition) is 4. The van der Waals surface area contributed by atoms with E-state index < -0.39 is 11.6 Å². The molecule has 2 saturated heterocycles. The van der Waals surface area contributed by atoms with Crippen molar-refractivity contribution in [2.75, 3.05) is 31.1 Å². The number of imide groups is 1. The highest BCUT2D eigenvalue weighted by molar-refractivity contribution is 6.06. The smallest absolute Gasteiger partial charge is 0.322 e. The van der Waals surface area contributed by atoms with Gasteiger partial charge in [-0.15, -0.1) is 0 Å². The quantitative estimate of drug-likeness (QED) is 0.799. The fraction of sp³-hybridized carbons (Fsp3) is 0.500. The van der Waals surface area contributed by atoms with Gasteiger partial charge in [0.25, 0.3) is 5.91 Å². The minimum Gasteiger partial charge on any atom is -0.368 e. The largest absolute Gasteiger partial charge is 0.368 e. The highest BCUT2D eigenvalue weighted by Gasteiger charge is 2.42. The number of aryl methyl sites for hydroxylation is 1. The van der Waals surface area contributed by atoms with E-state index in [4.69, 9.17) is 0 Å². The molecule has 0 aromatic heterocycles. The zero-order chi connectivity index (χ0) is 18.0. The summed E-state index contributed by atoms with van der Waals surface area (Å²) in [7, 11) is 0. The van der Waals surface area contributed by atoms with Crippen molar-refractivity contribution in [3.63, 3.8) is 0 Å². The summed E-state index contributed by atoms with van der Waals surface area (Å²) in [5.41, 5.74) is 1.42. The minimum absolute atomic E-state index is 0.0269. The third kappa shape index (κ3) is 3.75. The second-order valence-electron chi connectivity index (χ2n) is 6.95. The van der Waals surface area contributed by atoms with Gasteiger partial charge in [0.15, 0.2) is 0 Å². The van der Waals surface area contributed by atoms with E-state index in [2.05, 4.69) is 40.7 Å². The summed E-state index contributed by atoms with van der Waals surface area (Å²) in [5.74, 6) is -0.339. The number of nitrogens with one attached hydrogen (secondary N) is 2. The number of carbonyl (C=O) groups is 3. The Hall–Kier alpha value is -2.57. The summed E-state index contributed by atoms with van der Waals surface area (Å²) < 4.78 is 0. The lowest BCUT2D eigenvalue weighted by molar-refractivity contribution is -0.132. The first-order valence-electron chi connectivity index (χ1n) is 8.60. The van der Waals surface area contributed by atoms with Crippen LogP contribution in [0.15, 0.2) is 24.3 Å². The molecule has 2 aliphatic heterocycles. The zero-order valence-corrected chi connectivity index (χ0v) is 14.7. The Morgan fingerprint density at radius 3 is 2.52 bits per heavy atom. The van der Waals surface area contributed by atoms with Crippen molar-refractivity contribution in [2.24, 2.45) is 0 Å². The van der Waals surface area contributed by atoms with Gasteiger partial charge in [-0.2, -0.15) is 0 Å². The molecule has 0 bridgehead atoms. The Bertz CT molecular complexity index is 697. The van der Waals surface area contributed by atoms with Crippen LogP contribution in [-0.4, -0.2) is 54.5 Å². The maximum absolute atomic E-state index is 12.4. The average Bonchev–Trinajstić information content (AvgIpc) is 2.85. The number of piperazine rings is 1. The van der Waals surface area contributed by atoms with E-state index in [0.717, 1.165) is 13.1 Å². The van der Waals surface area contributed by atoms with Crippen molar-refractivity contribution in [3.05, 3.63) is 29.8 Å². The van der Waals surface area contributed by atoms with Crippen LogP contribution in [0, 0.1) is 6.92 Å². The highest BCUT2D eigenvalue weighted by atomic mass is 16.2. The van der Waals surface area contributed by atoms with Crippen molar-refractivity contribution in [1.82, 2.24) is 15.5 Å². The van der Waals surface area contributed by atoms with Gasteiger partial charge in [0, 0.05) is 38.3 Å². The maximum Gasteiger partial charge on any atom is 0.322 e. The molecule has 3 rings (SSSR count). The normalized spacial score (nSPS) is 23.4. The molecule has 0 saturated carbocycles. The van der Waals surface area contributed by atoms with Gasteiger partial charge in [-0.25, -0.2) is 4.79 Å². The SMILES string of the molecule is Cc1cccc(N2CCN(C(=O)CC[C@@]3(C)NC(=O)NC3=O)CC2)c1. The molecular weight excluding hydrogens is 320 g/mol. The van der Waals surface area contributed by atoms with Crippen LogP contribution in [0.4, 0.5) is 10.5 Å². The molecule has 7 nitrogen and oxygen atoms in total. The van der Waals surface area contributed by atoms with E-state index in [0.29, 0.717) is 19.5 Å². The second-order valence-corrected chi connectivity index (χ2v) is 6.95. The number of benzene rings is 1. The van der Waals surface area contributed by atoms with Gasteiger partial charge in [-0.3, -0.25) is 14.9 Å². The van der Waals surface area contributed by atoms with Crippen molar-refractivity contribution in [2.45, 2.75) is 32.2 Å². The van der Waals surface area contributed by atoms with Gasteiger partial charge in [0.1, 0.15) is 5.54 Å². The van der Waals surface area contributed by atoms with E-state index in [1.54, 1.807) is 6.92 Å². The van der Waals surface area contributed by atoms with Gasteiger partial charge < -0.3 is 15.1 Å². The third-order valence-electron chi connectivity index (χ3n) is 4.96. The lowest BCUT2D eigenvalue weighted by atomic mass is 9.96. The van der Waals surface area contributed by atoms with Gasteiger partial charge in [-0.1, -0.05) is 12.1 Å². The molecule has 2 fully saturated rings. The van der Waals surface area contributed by atoms with E-state index in [1.807, 2.05) is 11.0 Å². The predicted molar refractivity (Wildman–Crippen MR) is 94.3 cm³/mol. The first-order chi connectivity index (χ1) is 11.9. The zero-order valence-electron chi connectivity index (χ0n) is 14.7. The molecule has 2 heterocycles. The number of amides is 4. The van der Waals surface area contributed by atoms with Crippen molar-refractivity contribution < 1.29 is 14.4 Å². The van der Waals surface area contributed by atoms with Crippen LogP contribution in [0.25, 0.3) is 0 Å². The number of anilines is 1. The Labute approximate surface area is 147 Å². The molecule has 1 aromatic rings. The van der Waals surface area contributed by atoms with Crippen LogP contribution in [0.2, 0.25) is 0 Å². The fourth-order valence-electron chi connectivity index (χ4n) is 3.31. The van der Waals surface area contributed by atoms with Crippen LogP contribution in [-0.2, 0) is 9.59 Å². The molecule has 0 spiro atoms. The molecule has 7 heteroatoms. The van der Waals surface area contributed by atoms with E-state index in [-0.39, 0.29) is 18.2 Å². The molecule has 1 aromatic carbocycles. The standard InChI is InChI=1S/C18H24N4O3/c1-13-4-3-5-14(12-13)21-8-10-22(11-9-21)15(23)6-7-18(2)16(24)19-17(25)20-18/h3-5,12H,6-11H2,1-2H3,(H2,19,20,24,25)/t18-/m1/s1. The summed E-state index contributed by atoms with van der Waals surface area (Å²) in [6.07, 6.45) is 0.552. The molecule has 2 aliphatic rings. The Kier molecular flexibility index (Phi) is 4.65. The molecule has 1 atom stereocenters. The van der Waals surface area contributed by atoms with Crippen LogP contribution < -0.4 is 15.5 Å². The molecule has 25 heavy (non-hydrogen) atoms. The summed E-state index contributed by atoms with van der Waals surface area (Å²) in [4.78, 5) is 39.6.